The average molecular weight is 317 g/mol. The highest BCUT2D eigenvalue weighted by Crippen LogP contribution is 2.27. The summed E-state index contributed by atoms with van der Waals surface area (Å²) >= 11 is 3.15. The minimum Gasteiger partial charge on any atom is -0.449 e. The summed E-state index contributed by atoms with van der Waals surface area (Å²) in [6.07, 6.45) is -0.585. The molecule has 0 saturated heterocycles. The van der Waals surface area contributed by atoms with Crippen LogP contribution in [0.1, 0.15) is 13.8 Å². The van der Waals surface area contributed by atoms with Crippen molar-refractivity contribution in [1.29, 1.82) is 0 Å². The molecule has 1 rings (SSSR count). The van der Waals surface area contributed by atoms with E-state index in [-0.39, 0.29) is 11.6 Å². The first-order valence-electron chi connectivity index (χ1n) is 5.28. The lowest BCUT2D eigenvalue weighted by molar-refractivity contribution is -0.384. The first-order chi connectivity index (χ1) is 8.40. The Hall–Kier alpha value is -1.63. The lowest BCUT2D eigenvalue weighted by atomic mass is 10.2. The molecule has 0 fully saturated rings. The Morgan fingerprint density at radius 3 is 2.72 bits per heavy atom. The number of amides is 1. The number of halogens is 1. The van der Waals surface area contributed by atoms with Gasteiger partial charge in [0.1, 0.15) is 0 Å². The zero-order valence-electron chi connectivity index (χ0n) is 9.97. The molecule has 1 amide bonds. The molecule has 0 spiro atoms. The van der Waals surface area contributed by atoms with E-state index in [1.54, 1.807) is 0 Å². The van der Waals surface area contributed by atoms with Gasteiger partial charge >= 0.3 is 6.09 Å². The van der Waals surface area contributed by atoms with Crippen LogP contribution in [0.25, 0.3) is 0 Å². The zero-order valence-corrected chi connectivity index (χ0v) is 11.6. The van der Waals surface area contributed by atoms with Crippen LogP contribution in [0, 0.1) is 16.0 Å². The lowest BCUT2D eigenvalue weighted by Crippen LogP contribution is -2.16. The van der Waals surface area contributed by atoms with Crippen molar-refractivity contribution in [3.05, 3.63) is 32.8 Å². The Balaban J connectivity index is 2.68. The number of carbonyl (C=O) groups is 1. The number of hydrogen-bond donors (Lipinski definition) is 1. The van der Waals surface area contributed by atoms with Gasteiger partial charge in [-0.2, -0.15) is 0 Å². The molecule has 0 saturated carbocycles. The topological polar surface area (TPSA) is 81.5 Å². The molecule has 1 aromatic rings. The van der Waals surface area contributed by atoms with Gasteiger partial charge in [-0.1, -0.05) is 13.8 Å². The number of anilines is 1. The summed E-state index contributed by atoms with van der Waals surface area (Å²) in [7, 11) is 0. The Morgan fingerprint density at radius 1 is 1.56 bits per heavy atom. The van der Waals surface area contributed by atoms with E-state index in [0.29, 0.717) is 16.8 Å². The molecule has 1 N–H and O–H groups in total. The van der Waals surface area contributed by atoms with Crippen molar-refractivity contribution in [2.24, 2.45) is 5.92 Å². The maximum Gasteiger partial charge on any atom is 0.411 e. The molecule has 0 aliphatic rings. The molecule has 7 heteroatoms. The van der Waals surface area contributed by atoms with Crippen molar-refractivity contribution in [1.82, 2.24) is 0 Å². The molecule has 0 aromatic heterocycles. The third kappa shape index (κ3) is 4.33. The van der Waals surface area contributed by atoms with Gasteiger partial charge in [-0.15, -0.1) is 0 Å². The van der Waals surface area contributed by atoms with Crippen LogP contribution in [0.3, 0.4) is 0 Å². The Morgan fingerprint density at radius 2 is 2.22 bits per heavy atom. The quantitative estimate of drug-likeness (QED) is 0.680. The molecule has 98 valence electrons. The smallest absolute Gasteiger partial charge is 0.411 e. The van der Waals surface area contributed by atoms with E-state index in [1.165, 1.54) is 18.2 Å². The Bertz CT molecular complexity index is 462. The molecule has 0 atom stereocenters. The fourth-order valence-corrected chi connectivity index (χ4v) is 1.57. The normalized spacial score (nSPS) is 10.2. The number of nitro groups is 1. The second-order valence-electron chi connectivity index (χ2n) is 4.04. The van der Waals surface area contributed by atoms with Gasteiger partial charge in [0.2, 0.25) is 0 Å². The first kappa shape index (κ1) is 14.4. The summed E-state index contributed by atoms with van der Waals surface area (Å²) in [4.78, 5) is 21.4. The van der Waals surface area contributed by atoms with Gasteiger partial charge in [-0.05, 0) is 27.9 Å². The lowest BCUT2D eigenvalue weighted by Gasteiger charge is -2.09. The van der Waals surface area contributed by atoms with E-state index < -0.39 is 11.0 Å². The number of carbonyl (C=O) groups excluding carboxylic acids is 1. The molecular formula is C11H13BrN2O4. The minimum absolute atomic E-state index is 0.0528. The number of non-ortho nitro benzene ring substituents is 1. The number of nitro benzene ring substituents is 1. The van der Waals surface area contributed by atoms with Crippen molar-refractivity contribution in [2.75, 3.05) is 11.9 Å². The van der Waals surface area contributed by atoms with E-state index in [9.17, 15) is 14.9 Å². The molecule has 0 radical (unpaired) electrons. The largest absolute Gasteiger partial charge is 0.449 e. The molecule has 0 heterocycles. The number of benzene rings is 1. The number of nitrogens with one attached hydrogen (secondary N) is 1. The van der Waals surface area contributed by atoms with Crippen LogP contribution in [0.2, 0.25) is 0 Å². The highest BCUT2D eigenvalue weighted by molar-refractivity contribution is 9.10. The maximum absolute atomic E-state index is 11.4. The molecule has 18 heavy (non-hydrogen) atoms. The van der Waals surface area contributed by atoms with Crippen LogP contribution in [0.4, 0.5) is 16.2 Å². The number of rotatable bonds is 4. The van der Waals surface area contributed by atoms with Gasteiger partial charge in [-0.3, -0.25) is 15.4 Å². The van der Waals surface area contributed by atoms with Gasteiger partial charge in [-0.25, -0.2) is 4.79 Å². The molecule has 0 aliphatic carbocycles. The van der Waals surface area contributed by atoms with Crippen LogP contribution in [-0.4, -0.2) is 17.6 Å². The second-order valence-corrected chi connectivity index (χ2v) is 4.89. The molecule has 0 bridgehead atoms. The first-order valence-corrected chi connectivity index (χ1v) is 6.07. The van der Waals surface area contributed by atoms with Crippen LogP contribution in [0.5, 0.6) is 0 Å². The highest BCUT2D eigenvalue weighted by atomic mass is 79.9. The fourth-order valence-electron chi connectivity index (χ4n) is 1.11. The van der Waals surface area contributed by atoms with Gasteiger partial charge in [0.15, 0.2) is 0 Å². The zero-order chi connectivity index (χ0) is 13.7. The van der Waals surface area contributed by atoms with Gasteiger partial charge in [0.25, 0.3) is 5.69 Å². The van der Waals surface area contributed by atoms with Crippen molar-refractivity contribution in [3.8, 4) is 0 Å². The average Bonchev–Trinajstić information content (AvgIpc) is 2.29. The second kappa shape index (κ2) is 6.34. The van der Waals surface area contributed by atoms with Crippen LogP contribution >= 0.6 is 15.9 Å². The van der Waals surface area contributed by atoms with Crippen molar-refractivity contribution >= 4 is 33.4 Å². The van der Waals surface area contributed by atoms with E-state index in [1.807, 2.05) is 13.8 Å². The van der Waals surface area contributed by atoms with E-state index >= 15 is 0 Å². The van der Waals surface area contributed by atoms with E-state index in [4.69, 9.17) is 4.74 Å². The van der Waals surface area contributed by atoms with Crippen LogP contribution in [-0.2, 0) is 4.74 Å². The van der Waals surface area contributed by atoms with E-state index in [0.717, 1.165) is 0 Å². The molecule has 1 aromatic carbocycles. The summed E-state index contributed by atoms with van der Waals surface area (Å²) in [5, 5.41) is 13.0. The van der Waals surface area contributed by atoms with Crippen molar-refractivity contribution in [3.63, 3.8) is 0 Å². The molecule has 6 nitrogen and oxygen atoms in total. The third-order valence-corrected chi connectivity index (χ3v) is 2.60. The Labute approximate surface area is 113 Å². The van der Waals surface area contributed by atoms with Crippen LogP contribution < -0.4 is 5.32 Å². The standard InChI is InChI=1S/C11H13BrN2O4/c1-7(2)6-18-11(15)13-10-4-3-8(14(16)17)5-9(10)12/h3-5,7H,6H2,1-2H3,(H,13,15). The minimum atomic E-state index is -0.585. The van der Waals surface area contributed by atoms with E-state index in [2.05, 4.69) is 21.2 Å². The fraction of sp³-hybridized carbons (Fsp3) is 0.364. The monoisotopic (exact) mass is 316 g/mol. The molecule has 0 aliphatic heterocycles. The van der Waals surface area contributed by atoms with Crippen molar-refractivity contribution < 1.29 is 14.5 Å². The maximum atomic E-state index is 11.4. The number of nitrogens with zero attached hydrogens (tertiary/aromatic N) is 1. The molecule has 0 unspecified atom stereocenters. The van der Waals surface area contributed by atoms with Gasteiger partial charge < -0.3 is 4.74 Å². The van der Waals surface area contributed by atoms with Crippen LogP contribution in [0.15, 0.2) is 22.7 Å². The van der Waals surface area contributed by atoms with Crippen molar-refractivity contribution in [2.45, 2.75) is 13.8 Å². The summed E-state index contributed by atoms with van der Waals surface area (Å²) in [5.74, 6) is 0.246. The predicted molar refractivity (Wildman–Crippen MR) is 70.6 cm³/mol. The predicted octanol–water partition coefficient (Wildman–Crippen LogP) is 3.56. The summed E-state index contributed by atoms with van der Waals surface area (Å²) in [6, 6.07) is 4.07. The third-order valence-electron chi connectivity index (χ3n) is 1.95. The summed E-state index contributed by atoms with van der Waals surface area (Å²) < 4.78 is 5.36. The van der Waals surface area contributed by atoms with Gasteiger partial charge in [0.05, 0.1) is 17.2 Å². The number of hydrogen-bond acceptors (Lipinski definition) is 4. The summed E-state index contributed by atoms with van der Waals surface area (Å²) in [6.45, 7) is 4.17. The number of ether oxygens (including phenoxy) is 1. The molecular weight excluding hydrogens is 304 g/mol. The highest BCUT2D eigenvalue weighted by Gasteiger charge is 2.11. The SMILES string of the molecule is CC(C)COC(=O)Nc1ccc([N+](=O)[O-])cc1Br. The van der Waals surface area contributed by atoms with Gasteiger partial charge in [0, 0.05) is 16.6 Å². The Kier molecular flexibility index (Phi) is 5.08. The summed E-state index contributed by atoms with van der Waals surface area (Å²) in [5.41, 5.74) is 0.373.